The molecule has 114 valence electrons. The second-order valence-corrected chi connectivity index (χ2v) is 5.96. The molecule has 1 atom stereocenters. The zero-order chi connectivity index (χ0) is 15.2. The molecule has 2 aromatic carbocycles. The monoisotopic (exact) mass is 293 g/mol. The fourth-order valence-electron chi connectivity index (χ4n) is 2.96. The van der Waals surface area contributed by atoms with Gasteiger partial charge < -0.3 is 5.11 Å². The van der Waals surface area contributed by atoms with E-state index in [4.69, 9.17) is 0 Å². The minimum Gasteiger partial charge on any atom is -0.387 e. The van der Waals surface area contributed by atoms with Gasteiger partial charge in [0, 0.05) is 19.6 Å². The highest BCUT2D eigenvalue weighted by Gasteiger charge is 2.16. The van der Waals surface area contributed by atoms with Crippen LogP contribution in [-0.2, 0) is 6.42 Å². The van der Waals surface area contributed by atoms with Crippen LogP contribution >= 0.6 is 0 Å². The van der Waals surface area contributed by atoms with Gasteiger partial charge in [0.05, 0.1) is 6.10 Å². The maximum absolute atomic E-state index is 10.3. The van der Waals surface area contributed by atoms with Gasteiger partial charge in [-0.3, -0.25) is 4.90 Å². The van der Waals surface area contributed by atoms with Crippen LogP contribution in [0.25, 0.3) is 0 Å². The highest BCUT2D eigenvalue weighted by atomic mass is 16.3. The highest BCUT2D eigenvalue weighted by molar-refractivity contribution is 5.23. The molecule has 0 amide bonds. The van der Waals surface area contributed by atoms with Crippen molar-refractivity contribution in [3.05, 3.63) is 83.4 Å². The molecule has 0 aliphatic carbocycles. The molecule has 2 nitrogen and oxygen atoms in total. The van der Waals surface area contributed by atoms with Crippen LogP contribution in [0.4, 0.5) is 0 Å². The van der Waals surface area contributed by atoms with E-state index in [0.717, 1.165) is 31.5 Å². The normalized spacial score (nSPS) is 17.0. The van der Waals surface area contributed by atoms with Gasteiger partial charge in [-0.1, -0.05) is 72.3 Å². The van der Waals surface area contributed by atoms with Crippen molar-refractivity contribution in [3.63, 3.8) is 0 Å². The Bertz CT molecular complexity index is 606. The fourth-order valence-corrected chi connectivity index (χ4v) is 2.96. The number of nitrogens with zero attached hydrogens (tertiary/aromatic N) is 1. The molecule has 2 heteroatoms. The summed E-state index contributed by atoms with van der Waals surface area (Å²) in [5.41, 5.74) is 3.89. The van der Waals surface area contributed by atoms with Crippen molar-refractivity contribution < 1.29 is 5.11 Å². The standard InChI is InChI=1S/C20H23NO/c22-20(19-9-5-2-6-10-19)16-21-13-11-18(12-14-21)15-17-7-3-1-4-8-17/h1-11,20,22H,12-16H2. The molecule has 0 spiro atoms. The first-order chi connectivity index (χ1) is 10.8. The van der Waals surface area contributed by atoms with Gasteiger partial charge in [0.25, 0.3) is 0 Å². The third-order valence-electron chi connectivity index (χ3n) is 4.28. The quantitative estimate of drug-likeness (QED) is 0.852. The van der Waals surface area contributed by atoms with Crippen LogP contribution in [0.15, 0.2) is 72.3 Å². The summed E-state index contributed by atoms with van der Waals surface area (Å²) in [6, 6.07) is 20.6. The SMILES string of the molecule is OC(CN1CC=C(Cc2ccccc2)CC1)c1ccccc1. The topological polar surface area (TPSA) is 23.5 Å². The maximum Gasteiger partial charge on any atom is 0.0917 e. The largest absolute Gasteiger partial charge is 0.387 e. The van der Waals surface area contributed by atoms with Gasteiger partial charge in [-0.15, -0.1) is 0 Å². The van der Waals surface area contributed by atoms with Gasteiger partial charge in [0.15, 0.2) is 0 Å². The molecular weight excluding hydrogens is 270 g/mol. The molecule has 1 N–H and O–H groups in total. The lowest BCUT2D eigenvalue weighted by atomic mass is 9.99. The summed E-state index contributed by atoms with van der Waals surface area (Å²) in [6.07, 6.45) is 4.07. The van der Waals surface area contributed by atoms with Gasteiger partial charge in [0.2, 0.25) is 0 Å². The Morgan fingerprint density at radius 1 is 0.955 bits per heavy atom. The molecule has 1 unspecified atom stereocenters. The maximum atomic E-state index is 10.3. The Balaban J connectivity index is 1.53. The summed E-state index contributed by atoms with van der Waals surface area (Å²) < 4.78 is 0. The van der Waals surface area contributed by atoms with E-state index in [2.05, 4.69) is 41.3 Å². The molecule has 0 fully saturated rings. The molecule has 1 aliphatic heterocycles. The molecule has 0 saturated heterocycles. The smallest absolute Gasteiger partial charge is 0.0917 e. The number of aliphatic hydroxyl groups is 1. The van der Waals surface area contributed by atoms with Crippen LogP contribution < -0.4 is 0 Å². The third-order valence-corrected chi connectivity index (χ3v) is 4.28. The molecule has 1 aliphatic rings. The second kappa shape index (κ2) is 7.39. The molecule has 0 bridgehead atoms. The molecule has 3 rings (SSSR count). The summed E-state index contributed by atoms with van der Waals surface area (Å²) in [6.45, 7) is 2.67. The lowest BCUT2D eigenvalue weighted by Gasteiger charge is -2.28. The number of rotatable bonds is 5. The molecule has 0 radical (unpaired) electrons. The van der Waals surface area contributed by atoms with Crippen molar-refractivity contribution in [2.75, 3.05) is 19.6 Å². The lowest BCUT2D eigenvalue weighted by Crippen LogP contribution is -2.33. The third kappa shape index (κ3) is 4.06. The first kappa shape index (κ1) is 15.0. The number of benzene rings is 2. The summed E-state index contributed by atoms with van der Waals surface area (Å²) in [5.74, 6) is 0. The Kier molecular flexibility index (Phi) is 5.04. The molecular formula is C20H23NO. The van der Waals surface area contributed by atoms with Gasteiger partial charge in [-0.25, -0.2) is 0 Å². The number of hydrogen-bond acceptors (Lipinski definition) is 2. The van der Waals surface area contributed by atoms with Crippen LogP contribution in [0.1, 0.15) is 23.7 Å². The molecule has 1 heterocycles. The average Bonchev–Trinajstić information content (AvgIpc) is 2.58. The zero-order valence-corrected chi connectivity index (χ0v) is 12.9. The van der Waals surface area contributed by atoms with E-state index in [1.165, 1.54) is 11.1 Å². The van der Waals surface area contributed by atoms with Crippen LogP contribution in [0, 0.1) is 0 Å². The predicted octanol–water partition coefficient (Wildman–Crippen LogP) is 3.59. The lowest BCUT2D eigenvalue weighted by molar-refractivity contribution is 0.117. The molecule has 0 saturated carbocycles. The number of hydrogen-bond donors (Lipinski definition) is 1. The molecule has 0 aromatic heterocycles. The Morgan fingerprint density at radius 3 is 2.27 bits per heavy atom. The van der Waals surface area contributed by atoms with Gasteiger partial charge in [0.1, 0.15) is 0 Å². The summed E-state index contributed by atoms with van der Waals surface area (Å²) in [5, 5.41) is 10.3. The van der Waals surface area contributed by atoms with Crippen molar-refractivity contribution in [2.45, 2.75) is 18.9 Å². The Labute approximate surface area is 132 Å². The van der Waals surface area contributed by atoms with Crippen LogP contribution in [0.3, 0.4) is 0 Å². The number of aliphatic hydroxyl groups excluding tert-OH is 1. The predicted molar refractivity (Wildman–Crippen MR) is 90.7 cm³/mol. The van der Waals surface area contributed by atoms with Crippen LogP contribution in [-0.4, -0.2) is 29.6 Å². The van der Waals surface area contributed by atoms with E-state index in [1.54, 1.807) is 0 Å². The van der Waals surface area contributed by atoms with Crippen molar-refractivity contribution in [1.82, 2.24) is 4.90 Å². The van der Waals surface area contributed by atoms with E-state index in [9.17, 15) is 5.11 Å². The minimum absolute atomic E-state index is 0.398. The summed E-state index contributed by atoms with van der Waals surface area (Å²) in [7, 11) is 0. The van der Waals surface area contributed by atoms with Crippen molar-refractivity contribution in [2.24, 2.45) is 0 Å². The second-order valence-electron chi connectivity index (χ2n) is 5.96. The van der Waals surface area contributed by atoms with Gasteiger partial charge >= 0.3 is 0 Å². The number of β-amino-alcohol motifs (C(OH)–C–C–N with tert-alkyl or cyclic N) is 1. The molecule has 2 aromatic rings. The van der Waals surface area contributed by atoms with Crippen molar-refractivity contribution in [3.8, 4) is 0 Å². The van der Waals surface area contributed by atoms with Crippen LogP contribution in [0.2, 0.25) is 0 Å². The van der Waals surface area contributed by atoms with E-state index < -0.39 is 6.10 Å². The Morgan fingerprint density at radius 2 is 1.64 bits per heavy atom. The summed E-state index contributed by atoms with van der Waals surface area (Å²) >= 11 is 0. The first-order valence-electron chi connectivity index (χ1n) is 7.98. The summed E-state index contributed by atoms with van der Waals surface area (Å²) in [4.78, 5) is 2.33. The highest BCUT2D eigenvalue weighted by Crippen LogP contribution is 2.19. The van der Waals surface area contributed by atoms with Gasteiger partial charge in [-0.05, 0) is 24.0 Å². The van der Waals surface area contributed by atoms with Crippen molar-refractivity contribution >= 4 is 0 Å². The first-order valence-corrected chi connectivity index (χ1v) is 7.98. The average molecular weight is 293 g/mol. The van der Waals surface area contributed by atoms with Crippen molar-refractivity contribution in [1.29, 1.82) is 0 Å². The van der Waals surface area contributed by atoms with Gasteiger partial charge in [-0.2, -0.15) is 0 Å². The fraction of sp³-hybridized carbons (Fsp3) is 0.300. The van der Waals surface area contributed by atoms with E-state index in [1.807, 2.05) is 30.3 Å². The van der Waals surface area contributed by atoms with E-state index in [0.29, 0.717) is 6.54 Å². The van der Waals surface area contributed by atoms with Crippen LogP contribution in [0.5, 0.6) is 0 Å². The molecule has 22 heavy (non-hydrogen) atoms. The zero-order valence-electron chi connectivity index (χ0n) is 12.9. The van der Waals surface area contributed by atoms with E-state index >= 15 is 0 Å². The van der Waals surface area contributed by atoms with E-state index in [-0.39, 0.29) is 0 Å². The Hall–Kier alpha value is -1.90. The minimum atomic E-state index is -0.398.